The molecule has 12 heavy (non-hydrogen) atoms. The van der Waals surface area contributed by atoms with Gasteiger partial charge in [0, 0.05) is 0 Å². The van der Waals surface area contributed by atoms with Gasteiger partial charge in [-0.2, -0.15) is 0 Å². The number of ether oxygens (including phenoxy) is 1. The number of hydrogen-bond acceptors (Lipinski definition) is 1. The molecule has 0 unspecified atom stereocenters. The number of alkyl halides is 1. The summed E-state index contributed by atoms with van der Waals surface area (Å²) in [4.78, 5) is 0. The standard InChI is InChI=1S/C9H10F2O/c1-7-3-2-4-8(9(7)11)12-6-5-10/h2-4H,5-6H2,1H3. The average Bonchev–Trinajstić information content (AvgIpc) is 2.08. The molecule has 0 aliphatic heterocycles. The lowest BCUT2D eigenvalue weighted by molar-refractivity contribution is 0.262. The molecule has 0 bridgehead atoms. The first-order valence-corrected chi connectivity index (χ1v) is 3.69. The molecule has 1 aromatic rings. The van der Waals surface area contributed by atoms with E-state index in [1.807, 2.05) is 0 Å². The fourth-order valence-corrected chi connectivity index (χ4v) is 0.881. The van der Waals surface area contributed by atoms with Crippen LogP contribution in [0.15, 0.2) is 18.2 Å². The van der Waals surface area contributed by atoms with Crippen LogP contribution in [0.25, 0.3) is 0 Å². The molecular formula is C9H10F2O. The molecule has 0 fully saturated rings. The van der Waals surface area contributed by atoms with Crippen LogP contribution in [0.1, 0.15) is 5.56 Å². The van der Waals surface area contributed by atoms with Crippen LogP contribution in [0, 0.1) is 12.7 Å². The van der Waals surface area contributed by atoms with E-state index in [1.165, 1.54) is 6.07 Å². The van der Waals surface area contributed by atoms with Crippen molar-refractivity contribution >= 4 is 0 Å². The SMILES string of the molecule is Cc1cccc(OCCF)c1F. The Kier molecular flexibility index (Phi) is 3.02. The van der Waals surface area contributed by atoms with Gasteiger partial charge >= 0.3 is 0 Å². The normalized spacial score (nSPS) is 9.92. The number of halogens is 2. The molecule has 0 aliphatic carbocycles. The van der Waals surface area contributed by atoms with Crippen molar-refractivity contribution in [1.29, 1.82) is 0 Å². The van der Waals surface area contributed by atoms with Crippen LogP contribution >= 0.6 is 0 Å². The summed E-state index contributed by atoms with van der Waals surface area (Å²) in [5.74, 6) is -0.293. The van der Waals surface area contributed by atoms with Crippen LogP contribution in [-0.4, -0.2) is 13.3 Å². The number of benzene rings is 1. The summed E-state index contributed by atoms with van der Waals surface area (Å²) in [6.45, 7) is 0.936. The Morgan fingerprint density at radius 2 is 2.17 bits per heavy atom. The summed E-state index contributed by atoms with van der Waals surface area (Å²) in [5.41, 5.74) is 0.506. The quantitative estimate of drug-likeness (QED) is 0.680. The van der Waals surface area contributed by atoms with Crippen molar-refractivity contribution in [3.05, 3.63) is 29.6 Å². The van der Waals surface area contributed by atoms with Gasteiger partial charge < -0.3 is 4.74 Å². The Balaban J connectivity index is 2.78. The van der Waals surface area contributed by atoms with Crippen molar-refractivity contribution in [2.75, 3.05) is 13.3 Å². The summed E-state index contributed by atoms with van der Waals surface area (Å²) in [5, 5.41) is 0. The van der Waals surface area contributed by atoms with Gasteiger partial charge in [0.25, 0.3) is 0 Å². The van der Waals surface area contributed by atoms with E-state index in [4.69, 9.17) is 4.74 Å². The van der Waals surface area contributed by atoms with Gasteiger partial charge in [0.1, 0.15) is 13.3 Å². The maximum Gasteiger partial charge on any atom is 0.167 e. The van der Waals surface area contributed by atoms with Gasteiger partial charge in [-0.1, -0.05) is 12.1 Å². The first-order chi connectivity index (χ1) is 5.75. The maximum atomic E-state index is 13.1. The Morgan fingerprint density at radius 3 is 2.83 bits per heavy atom. The highest BCUT2D eigenvalue weighted by Crippen LogP contribution is 2.19. The Hall–Kier alpha value is -1.12. The molecule has 0 heterocycles. The molecular weight excluding hydrogens is 162 g/mol. The molecule has 0 atom stereocenters. The molecule has 1 rings (SSSR count). The molecule has 1 nitrogen and oxygen atoms in total. The Bertz CT molecular complexity index is 261. The van der Waals surface area contributed by atoms with E-state index < -0.39 is 12.5 Å². The van der Waals surface area contributed by atoms with E-state index in [1.54, 1.807) is 19.1 Å². The molecule has 0 radical (unpaired) electrons. The minimum Gasteiger partial charge on any atom is -0.488 e. The minimum absolute atomic E-state index is 0.0969. The second-order valence-corrected chi connectivity index (χ2v) is 2.42. The van der Waals surface area contributed by atoms with E-state index in [9.17, 15) is 8.78 Å². The fourth-order valence-electron chi connectivity index (χ4n) is 0.881. The zero-order valence-electron chi connectivity index (χ0n) is 6.81. The van der Waals surface area contributed by atoms with E-state index in [2.05, 4.69) is 0 Å². The Labute approximate surface area is 70.0 Å². The lowest BCUT2D eigenvalue weighted by Gasteiger charge is -2.05. The van der Waals surface area contributed by atoms with E-state index in [-0.39, 0.29) is 12.4 Å². The maximum absolute atomic E-state index is 13.1. The Morgan fingerprint density at radius 1 is 1.42 bits per heavy atom. The molecule has 0 N–H and O–H groups in total. The molecule has 0 amide bonds. The second-order valence-electron chi connectivity index (χ2n) is 2.42. The zero-order valence-corrected chi connectivity index (χ0v) is 6.81. The molecule has 0 spiro atoms. The average molecular weight is 172 g/mol. The number of aryl methyl sites for hydroxylation is 1. The summed E-state index contributed by atoms with van der Waals surface area (Å²) in [6, 6.07) is 4.79. The lowest BCUT2D eigenvalue weighted by atomic mass is 10.2. The van der Waals surface area contributed by atoms with Gasteiger partial charge in [-0.25, -0.2) is 8.78 Å². The van der Waals surface area contributed by atoms with Crippen molar-refractivity contribution in [3.63, 3.8) is 0 Å². The summed E-state index contributed by atoms with van der Waals surface area (Å²) in [7, 11) is 0. The predicted octanol–water partition coefficient (Wildman–Crippen LogP) is 2.48. The zero-order chi connectivity index (χ0) is 8.97. The molecule has 0 saturated heterocycles. The van der Waals surface area contributed by atoms with Crippen LogP contribution < -0.4 is 4.74 Å². The number of hydrogen-bond donors (Lipinski definition) is 0. The van der Waals surface area contributed by atoms with Gasteiger partial charge in [-0.05, 0) is 18.6 Å². The van der Waals surface area contributed by atoms with E-state index in [0.717, 1.165) is 0 Å². The van der Waals surface area contributed by atoms with Crippen LogP contribution in [0.2, 0.25) is 0 Å². The summed E-state index contributed by atoms with van der Waals surface area (Å²) < 4.78 is 29.6. The first-order valence-electron chi connectivity index (χ1n) is 3.69. The third-order valence-electron chi connectivity index (χ3n) is 1.49. The minimum atomic E-state index is -0.604. The van der Waals surface area contributed by atoms with Crippen LogP contribution in [0.3, 0.4) is 0 Å². The van der Waals surface area contributed by atoms with Crippen molar-refractivity contribution in [3.8, 4) is 5.75 Å². The van der Waals surface area contributed by atoms with Gasteiger partial charge in [-0.15, -0.1) is 0 Å². The van der Waals surface area contributed by atoms with E-state index in [0.29, 0.717) is 5.56 Å². The molecule has 66 valence electrons. The van der Waals surface area contributed by atoms with Crippen molar-refractivity contribution in [2.45, 2.75) is 6.92 Å². The largest absolute Gasteiger partial charge is 0.488 e. The molecule has 0 aromatic heterocycles. The van der Waals surface area contributed by atoms with Crippen LogP contribution in [-0.2, 0) is 0 Å². The highest BCUT2D eigenvalue weighted by Gasteiger charge is 2.04. The van der Waals surface area contributed by atoms with Crippen molar-refractivity contribution in [1.82, 2.24) is 0 Å². The smallest absolute Gasteiger partial charge is 0.167 e. The van der Waals surface area contributed by atoms with Gasteiger partial charge in [-0.3, -0.25) is 0 Å². The highest BCUT2D eigenvalue weighted by atomic mass is 19.1. The second kappa shape index (κ2) is 4.04. The van der Waals surface area contributed by atoms with Crippen molar-refractivity contribution < 1.29 is 13.5 Å². The summed E-state index contributed by atoms with van der Waals surface area (Å²) in [6.07, 6.45) is 0. The van der Waals surface area contributed by atoms with Crippen molar-refractivity contribution in [2.24, 2.45) is 0 Å². The monoisotopic (exact) mass is 172 g/mol. The molecule has 3 heteroatoms. The fraction of sp³-hybridized carbons (Fsp3) is 0.333. The third kappa shape index (κ3) is 1.94. The molecule has 0 saturated carbocycles. The molecule has 0 aliphatic rings. The van der Waals surface area contributed by atoms with E-state index >= 15 is 0 Å². The lowest BCUT2D eigenvalue weighted by Crippen LogP contribution is -2.01. The third-order valence-corrected chi connectivity index (χ3v) is 1.49. The van der Waals surface area contributed by atoms with Gasteiger partial charge in [0.05, 0.1) is 0 Å². The topological polar surface area (TPSA) is 9.23 Å². The number of rotatable bonds is 3. The van der Waals surface area contributed by atoms with Gasteiger partial charge in [0.2, 0.25) is 0 Å². The molecule has 1 aromatic carbocycles. The predicted molar refractivity (Wildman–Crippen MR) is 42.6 cm³/mol. The first kappa shape index (κ1) is 8.97. The summed E-state index contributed by atoms with van der Waals surface area (Å²) >= 11 is 0. The highest BCUT2D eigenvalue weighted by molar-refractivity contribution is 5.29. The van der Waals surface area contributed by atoms with Crippen LogP contribution in [0.4, 0.5) is 8.78 Å². The van der Waals surface area contributed by atoms with Gasteiger partial charge in [0.15, 0.2) is 11.6 Å². The van der Waals surface area contributed by atoms with Crippen LogP contribution in [0.5, 0.6) is 5.75 Å².